The minimum atomic E-state index is -0.651. The number of pyridine rings is 1. The van der Waals surface area contributed by atoms with Gasteiger partial charge in [-0.15, -0.1) is 0 Å². The van der Waals surface area contributed by atoms with Gasteiger partial charge in [0.2, 0.25) is 11.8 Å². The lowest BCUT2D eigenvalue weighted by Crippen LogP contribution is -2.11. The van der Waals surface area contributed by atoms with Crippen LogP contribution in [0.4, 0.5) is 10.1 Å². The van der Waals surface area contributed by atoms with Crippen LogP contribution in [-0.4, -0.2) is 23.1 Å². The maximum atomic E-state index is 14.0. The number of hydrogen-bond donors (Lipinski definition) is 2. The number of carbonyl (C=O) groups is 1. The Balaban J connectivity index is 2.27. The lowest BCUT2D eigenvalue weighted by Gasteiger charge is -2.13. The van der Waals surface area contributed by atoms with Crippen molar-refractivity contribution in [3.05, 3.63) is 45.8 Å². The molecule has 1 heterocycles. The van der Waals surface area contributed by atoms with Crippen LogP contribution in [0.2, 0.25) is 0 Å². The van der Waals surface area contributed by atoms with Gasteiger partial charge in [-0.05, 0) is 52.0 Å². The number of phenolic OH excluding ortho intramolecular Hbond substituents is 1. The zero-order valence-electron chi connectivity index (χ0n) is 12.7. The fourth-order valence-electron chi connectivity index (χ4n) is 2.20. The van der Waals surface area contributed by atoms with E-state index in [9.17, 15) is 14.3 Å². The first kappa shape index (κ1) is 17.2. The molecule has 0 radical (unpaired) electrons. The number of benzene rings is 1. The van der Waals surface area contributed by atoms with Crippen LogP contribution in [0.15, 0.2) is 28.9 Å². The molecule has 0 aliphatic heterocycles. The fraction of sp³-hybridized carbons (Fsp3) is 0.250. The van der Waals surface area contributed by atoms with Crippen molar-refractivity contribution in [1.29, 1.82) is 0 Å². The molecule has 122 valence electrons. The Kier molecular flexibility index (Phi) is 5.54. The van der Waals surface area contributed by atoms with E-state index in [1.165, 1.54) is 14.0 Å². The van der Waals surface area contributed by atoms with Crippen LogP contribution in [-0.2, 0) is 17.6 Å². The number of aromatic nitrogens is 1. The van der Waals surface area contributed by atoms with E-state index in [-0.39, 0.29) is 5.91 Å². The molecule has 0 saturated carbocycles. The smallest absolute Gasteiger partial charge is 0.237 e. The molecule has 0 saturated heterocycles. The van der Waals surface area contributed by atoms with Crippen LogP contribution in [0.1, 0.15) is 18.1 Å². The minimum Gasteiger partial charge on any atom is -0.504 e. The number of aromatic hydroxyl groups is 1. The molecule has 1 aromatic heterocycles. The summed E-state index contributed by atoms with van der Waals surface area (Å²) >= 11 is 3.07. The van der Waals surface area contributed by atoms with Crippen LogP contribution in [0.25, 0.3) is 0 Å². The molecule has 5 nitrogen and oxygen atoms in total. The van der Waals surface area contributed by atoms with E-state index in [1.807, 2.05) is 0 Å². The Labute approximate surface area is 141 Å². The highest BCUT2D eigenvalue weighted by molar-refractivity contribution is 9.10. The monoisotopic (exact) mass is 382 g/mol. The van der Waals surface area contributed by atoms with E-state index in [4.69, 9.17) is 4.74 Å². The number of methoxy groups -OCH3 is 1. The van der Waals surface area contributed by atoms with Gasteiger partial charge in [-0.25, -0.2) is 9.37 Å². The SMILES string of the molecule is COc1nccc(CCc2ccc(Br)c(O)c2F)c1NC(C)=O. The van der Waals surface area contributed by atoms with Crippen LogP contribution < -0.4 is 10.1 Å². The quantitative estimate of drug-likeness (QED) is 0.830. The number of nitrogens with one attached hydrogen (secondary N) is 1. The van der Waals surface area contributed by atoms with Crippen molar-refractivity contribution in [3.8, 4) is 11.6 Å². The maximum Gasteiger partial charge on any atom is 0.237 e. The molecule has 1 amide bonds. The number of ether oxygens (including phenoxy) is 1. The zero-order chi connectivity index (χ0) is 17.0. The van der Waals surface area contributed by atoms with Gasteiger partial charge in [0.05, 0.1) is 11.6 Å². The molecular weight excluding hydrogens is 367 g/mol. The number of carbonyl (C=O) groups excluding carboxylic acids is 1. The van der Waals surface area contributed by atoms with Gasteiger partial charge < -0.3 is 15.2 Å². The van der Waals surface area contributed by atoms with E-state index in [2.05, 4.69) is 26.2 Å². The van der Waals surface area contributed by atoms with Crippen molar-refractivity contribution in [1.82, 2.24) is 4.98 Å². The third kappa shape index (κ3) is 3.98. The predicted molar refractivity (Wildman–Crippen MR) is 88.3 cm³/mol. The van der Waals surface area contributed by atoms with Gasteiger partial charge in [-0.1, -0.05) is 6.07 Å². The molecule has 0 spiro atoms. The normalized spacial score (nSPS) is 10.4. The highest BCUT2D eigenvalue weighted by Crippen LogP contribution is 2.31. The highest BCUT2D eigenvalue weighted by Gasteiger charge is 2.15. The molecule has 7 heteroatoms. The summed E-state index contributed by atoms with van der Waals surface area (Å²) in [6.07, 6.45) is 2.37. The van der Waals surface area contributed by atoms with Crippen molar-refractivity contribution in [2.75, 3.05) is 12.4 Å². The van der Waals surface area contributed by atoms with Gasteiger partial charge in [0.1, 0.15) is 5.69 Å². The third-order valence-electron chi connectivity index (χ3n) is 3.31. The average Bonchev–Trinajstić information content (AvgIpc) is 2.52. The summed E-state index contributed by atoms with van der Waals surface area (Å²) in [5, 5.41) is 12.3. The first-order chi connectivity index (χ1) is 10.9. The molecule has 0 aliphatic rings. The van der Waals surface area contributed by atoms with Crippen molar-refractivity contribution < 1.29 is 19.0 Å². The lowest BCUT2D eigenvalue weighted by molar-refractivity contribution is -0.114. The van der Waals surface area contributed by atoms with Crippen molar-refractivity contribution in [3.63, 3.8) is 0 Å². The number of phenols is 1. The standard InChI is InChI=1S/C16H16BrFN2O3/c1-9(21)20-14-11(7-8-19-16(14)23-2)4-3-10-5-6-12(17)15(22)13(10)18/h5-8,22H,3-4H2,1-2H3,(H,20,21). The third-order valence-corrected chi connectivity index (χ3v) is 3.95. The Morgan fingerprint density at radius 1 is 1.35 bits per heavy atom. The summed E-state index contributed by atoms with van der Waals surface area (Å²) < 4.78 is 19.5. The highest BCUT2D eigenvalue weighted by atomic mass is 79.9. The summed E-state index contributed by atoms with van der Waals surface area (Å²) in [7, 11) is 1.46. The first-order valence-corrected chi connectivity index (χ1v) is 7.68. The maximum absolute atomic E-state index is 14.0. The summed E-state index contributed by atoms with van der Waals surface area (Å²) in [5.41, 5.74) is 1.63. The fourth-order valence-corrected chi connectivity index (χ4v) is 2.50. The summed E-state index contributed by atoms with van der Waals surface area (Å²) in [6, 6.07) is 4.94. The summed E-state index contributed by atoms with van der Waals surface area (Å²) in [5.74, 6) is -1.000. The zero-order valence-corrected chi connectivity index (χ0v) is 14.3. The van der Waals surface area contributed by atoms with Crippen molar-refractivity contribution >= 4 is 27.5 Å². The molecule has 2 aromatic rings. The molecule has 2 N–H and O–H groups in total. The molecule has 0 atom stereocenters. The number of rotatable bonds is 5. The van der Waals surface area contributed by atoms with E-state index >= 15 is 0 Å². The van der Waals surface area contributed by atoms with E-state index in [0.29, 0.717) is 34.4 Å². The van der Waals surface area contributed by atoms with E-state index < -0.39 is 11.6 Å². The minimum absolute atomic E-state index is 0.245. The van der Waals surface area contributed by atoms with E-state index in [0.717, 1.165) is 5.56 Å². The van der Waals surface area contributed by atoms with Crippen molar-refractivity contribution in [2.45, 2.75) is 19.8 Å². The average molecular weight is 383 g/mol. The van der Waals surface area contributed by atoms with Crippen LogP contribution >= 0.6 is 15.9 Å². The van der Waals surface area contributed by atoms with Gasteiger partial charge >= 0.3 is 0 Å². The number of nitrogens with zero attached hydrogens (tertiary/aromatic N) is 1. The van der Waals surface area contributed by atoms with Gasteiger partial charge in [-0.2, -0.15) is 0 Å². The van der Waals surface area contributed by atoms with Gasteiger partial charge in [0.15, 0.2) is 11.6 Å². The number of halogens is 2. The van der Waals surface area contributed by atoms with Gasteiger partial charge in [0.25, 0.3) is 0 Å². The van der Waals surface area contributed by atoms with E-state index in [1.54, 1.807) is 24.4 Å². The number of anilines is 1. The molecule has 0 bridgehead atoms. The molecule has 0 aliphatic carbocycles. The second-order valence-corrected chi connectivity index (χ2v) is 5.76. The Morgan fingerprint density at radius 2 is 2.04 bits per heavy atom. The lowest BCUT2D eigenvalue weighted by atomic mass is 10.0. The Bertz CT molecular complexity index is 738. The summed E-state index contributed by atoms with van der Waals surface area (Å²) in [6.45, 7) is 1.39. The number of hydrogen-bond acceptors (Lipinski definition) is 4. The van der Waals surface area contributed by atoms with Crippen molar-refractivity contribution in [2.24, 2.45) is 0 Å². The molecule has 0 fully saturated rings. The van der Waals surface area contributed by atoms with Gasteiger partial charge in [0, 0.05) is 13.1 Å². The second-order valence-electron chi connectivity index (χ2n) is 4.90. The largest absolute Gasteiger partial charge is 0.504 e. The molecule has 23 heavy (non-hydrogen) atoms. The van der Waals surface area contributed by atoms with Crippen LogP contribution in [0.3, 0.4) is 0 Å². The number of amides is 1. The molecular formula is C16H16BrFN2O3. The summed E-state index contributed by atoms with van der Waals surface area (Å²) in [4.78, 5) is 15.4. The number of aryl methyl sites for hydroxylation is 2. The topological polar surface area (TPSA) is 71.5 Å². The molecule has 1 aromatic carbocycles. The van der Waals surface area contributed by atoms with Crippen LogP contribution in [0, 0.1) is 5.82 Å². The second kappa shape index (κ2) is 7.41. The van der Waals surface area contributed by atoms with Crippen LogP contribution in [0.5, 0.6) is 11.6 Å². The first-order valence-electron chi connectivity index (χ1n) is 6.89. The predicted octanol–water partition coefficient (Wildman–Crippen LogP) is 3.44. The molecule has 2 rings (SSSR count). The van der Waals surface area contributed by atoms with Gasteiger partial charge in [-0.3, -0.25) is 4.79 Å². The Hall–Kier alpha value is -2.15. The Morgan fingerprint density at radius 3 is 2.70 bits per heavy atom. The molecule has 0 unspecified atom stereocenters.